The van der Waals surface area contributed by atoms with Gasteiger partial charge in [-0.3, -0.25) is 9.69 Å². The zero-order chi connectivity index (χ0) is 33.6. The summed E-state index contributed by atoms with van der Waals surface area (Å²) in [6.45, 7) is 3.70. The van der Waals surface area contributed by atoms with Gasteiger partial charge in [-0.1, -0.05) is 56.3 Å². The smallest absolute Gasteiger partial charge is 0.458 e. The van der Waals surface area contributed by atoms with Gasteiger partial charge in [0.1, 0.15) is 30.2 Å². The number of anilines is 1. The van der Waals surface area contributed by atoms with Gasteiger partial charge in [0.25, 0.3) is 0 Å². The molecule has 0 aliphatic carbocycles. The Kier molecular flexibility index (Phi) is 11.6. The number of benzene rings is 3. The van der Waals surface area contributed by atoms with Crippen molar-refractivity contribution in [3.63, 3.8) is 0 Å². The number of carbonyl (C=O) groups excluding carboxylic acids is 1. The summed E-state index contributed by atoms with van der Waals surface area (Å²) in [5, 5.41) is 39.7. The molecule has 1 amide bonds. The van der Waals surface area contributed by atoms with Crippen LogP contribution in [0, 0.1) is 5.92 Å². The minimum atomic E-state index is -4.68. The van der Waals surface area contributed by atoms with Gasteiger partial charge >= 0.3 is 10.4 Å². The zero-order valence-corrected chi connectivity index (χ0v) is 26.7. The number of amides is 1. The lowest BCUT2D eigenvalue weighted by Gasteiger charge is -2.39. The van der Waals surface area contributed by atoms with E-state index in [0.29, 0.717) is 6.54 Å². The van der Waals surface area contributed by atoms with Crippen LogP contribution in [-0.4, -0.2) is 97.1 Å². The lowest BCUT2D eigenvalue weighted by molar-refractivity contribution is -0.277. The molecule has 6 atom stereocenters. The van der Waals surface area contributed by atoms with E-state index in [-0.39, 0.29) is 29.1 Å². The summed E-state index contributed by atoms with van der Waals surface area (Å²) in [6.07, 6.45) is -7.77. The van der Waals surface area contributed by atoms with Crippen molar-refractivity contribution >= 4 is 22.0 Å². The molecule has 3 aromatic carbocycles. The Bertz CT molecular complexity index is 1540. The number of hydrogen-bond donors (Lipinski definition) is 4. The number of aliphatic hydroxyl groups excluding tert-OH is 4. The highest BCUT2D eigenvalue weighted by molar-refractivity contribution is 7.82. The Balaban J connectivity index is 1.40. The van der Waals surface area contributed by atoms with Gasteiger partial charge in [0.05, 0.1) is 12.6 Å². The molecular formula is C32H40N2O11S. The molecular weight excluding hydrogens is 620 g/mol. The van der Waals surface area contributed by atoms with Crippen molar-refractivity contribution in [3.8, 4) is 17.2 Å². The molecule has 0 saturated carbocycles. The Hall–Kier alpha value is -3.76. The molecule has 1 heterocycles. The number of ether oxygens (including phenoxy) is 2. The summed E-state index contributed by atoms with van der Waals surface area (Å²) in [4.78, 5) is 17.0. The Morgan fingerprint density at radius 1 is 0.848 bits per heavy atom. The van der Waals surface area contributed by atoms with Crippen LogP contribution in [0.2, 0.25) is 0 Å². The van der Waals surface area contributed by atoms with Crippen LogP contribution < -0.4 is 18.0 Å². The summed E-state index contributed by atoms with van der Waals surface area (Å²) in [7, 11) is -1.08. The van der Waals surface area contributed by atoms with Crippen LogP contribution in [0.15, 0.2) is 78.9 Å². The van der Waals surface area contributed by atoms with Crippen LogP contribution >= 0.6 is 0 Å². The van der Waals surface area contributed by atoms with Crippen molar-refractivity contribution in [1.82, 2.24) is 4.90 Å². The number of hydrogen-bond acceptors (Lipinski definition) is 12. The molecule has 0 aromatic heterocycles. The SMILES string of the molecule is CC(C)[C@@H](C(=O)N(C)c1ccccc1)N(C)Cc1ccc(OS(=O)(=O)Oc2ccccc2OC2O[C@H](CO)[C@H](O)[C@H](O)[C@H]2O)cc1. The fraction of sp³-hybridized carbons (Fsp3) is 0.406. The van der Waals surface area contributed by atoms with E-state index in [2.05, 4.69) is 0 Å². The maximum absolute atomic E-state index is 13.4. The Labute approximate surface area is 268 Å². The number of para-hydroxylation sites is 3. The number of aliphatic hydroxyl groups is 4. The number of carbonyl (C=O) groups is 1. The molecule has 4 rings (SSSR count). The maximum atomic E-state index is 13.4. The summed E-state index contributed by atoms with van der Waals surface area (Å²) >= 11 is 0. The predicted octanol–water partition coefficient (Wildman–Crippen LogP) is 1.69. The summed E-state index contributed by atoms with van der Waals surface area (Å²) in [5.41, 5.74) is 1.60. The van der Waals surface area contributed by atoms with E-state index >= 15 is 0 Å². The molecule has 14 heteroatoms. The minimum absolute atomic E-state index is 0.0149. The van der Waals surface area contributed by atoms with Gasteiger partial charge in [-0.25, -0.2) is 0 Å². The topological polar surface area (TPSA) is 176 Å². The minimum Gasteiger partial charge on any atom is -0.458 e. The highest BCUT2D eigenvalue weighted by atomic mass is 32.3. The first-order valence-electron chi connectivity index (χ1n) is 14.6. The average Bonchev–Trinajstić information content (AvgIpc) is 3.02. The highest BCUT2D eigenvalue weighted by Gasteiger charge is 2.45. The van der Waals surface area contributed by atoms with Gasteiger partial charge in [-0.15, -0.1) is 8.42 Å². The maximum Gasteiger partial charge on any atom is 0.501 e. The van der Waals surface area contributed by atoms with Crippen LogP contribution in [-0.2, 0) is 26.5 Å². The molecule has 0 spiro atoms. The third kappa shape index (κ3) is 8.53. The van der Waals surface area contributed by atoms with Crippen molar-refractivity contribution < 1.29 is 51.5 Å². The molecule has 1 fully saturated rings. The van der Waals surface area contributed by atoms with E-state index in [1.165, 1.54) is 36.4 Å². The molecule has 13 nitrogen and oxygen atoms in total. The first-order valence-corrected chi connectivity index (χ1v) is 16.0. The molecule has 250 valence electrons. The van der Waals surface area contributed by atoms with Crippen molar-refractivity contribution in [2.75, 3.05) is 25.6 Å². The second-order valence-electron chi connectivity index (χ2n) is 11.3. The summed E-state index contributed by atoms with van der Waals surface area (Å²) < 4.78 is 46.8. The van der Waals surface area contributed by atoms with Crippen molar-refractivity contribution in [1.29, 1.82) is 0 Å². The predicted molar refractivity (Wildman–Crippen MR) is 167 cm³/mol. The van der Waals surface area contributed by atoms with E-state index in [0.717, 1.165) is 11.3 Å². The van der Waals surface area contributed by atoms with Crippen LogP contribution in [0.5, 0.6) is 17.2 Å². The van der Waals surface area contributed by atoms with Gasteiger partial charge in [0.15, 0.2) is 11.5 Å². The number of rotatable bonds is 13. The lowest BCUT2D eigenvalue weighted by atomic mass is 9.99. The molecule has 0 radical (unpaired) electrons. The van der Waals surface area contributed by atoms with Gasteiger partial charge in [-0.2, -0.15) is 0 Å². The third-order valence-electron chi connectivity index (χ3n) is 7.52. The fourth-order valence-electron chi connectivity index (χ4n) is 5.15. The first-order chi connectivity index (χ1) is 21.8. The molecule has 1 aliphatic heterocycles. The lowest BCUT2D eigenvalue weighted by Crippen LogP contribution is -2.60. The van der Waals surface area contributed by atoms with E-state index in [4.69, 9.17) is 17.8 Å². The van der Waals surface area contributed by atoms with Crippen molar-refractivity contribution in [2.45, 2.75) is 57.1 Å². The summed E-state index contributed by atoms with van der Waals surface area (Å²) in [6, 6.07) is 20.8. The van der Waals surface area contributed by atoms with Gasteiger partial charge in [-0.05, 0) is 54.9 Å². The van der Waals surface area contributed by atoms with Crippen LogP contribution in [0.1, 0.15) is 19.4 Å². The third-order valence-corrected chi connectivity index (χ3v) is 8.30. The molecule has 1 aliphatic rings. The van der Waals surface area contributed by atoms with E-state index in [1.807, 2.05) is 56.1 Å². The number of likely N-dealkylation sites (N-methyl/N-ethyl adjacent to an activating group) is 2. The fourth-order valence-corrected chi connectivity index (χ4v) is 5.89. The van der Waals surface area contributed by atoms with Crippen LogP contribution in [0.25, 0.3) is 0 Å². The second kappa shape index (κ2) is 15.2. The normalized spacial score (nSPS) is 22.3. The summed E-state index contributed by atoms with van der Waals surface area (Å²) in [5.74, 6) is -0.546. The van der Waals surface area contributed by atoms with Gasteiger partial charge in [0, 0.05) is 19.3 Å². The Morgan fingerprint density at radius 3 is 2.07 bits per heavy atom. The van der Waals surface area contributed by atoms with E-state index in [1.54, 1.807) is 24.1 Å². The second-order valence-corrected chi connectivity index (χ2v) is 12.5. The van der Waals surface area contributed by atoms with E-state index in [9.17, 15) is 33.6 Å². The standard InChI is InChI=1S/C32H40N2O11S/c1-20(2)27(31(39)34(4)22-10-6-5-7-11-22)33(3)18-21-14-16-23(17-15-21)44-46(40,41)45-25-13-9-8-12-24(25)42-32-30(38)29(37)28(36)26(19-35)43-32/h5-17,20,26-30,32,35-38H,18-19H2,1-4H3/t26-,27+,28+,29+,30-,32?/m1/s1. The Morgan fingerprint density at radius 2 is 1.46 bits per heavy atom. The molecule has 3 aromatic rings. The van der Waals surface area contributed by atoms with Crippen molar-refractivity contribution in [2.24, 2.45) is 5.92 Å². The average molecular weight is 661 g/mol. The molecule has 46 heavy (non-hydrogen) atoms. The van der Waals surface area contributed by atoms with Crippen molar-refractivity contribution in [3.05, 3.63) is 84.4 Å². The van der Waals surface area contributed by atoms with E-state index < -0.39 is 53.8 Å². The highest BCUT2D eigenvalue weighted by Crippen LogP contribution is 2.32. The van der Waals surface area contributed by atoms with Crippen LogP contribution in [0.4, 0.5) is 5.69 Å². The molecule has 4 N–H and O–H groups in total. The zero-order valence-electron chi connectivity index (χ0n) is 25.9. The van der Waals surface area contributed by atoms with Gasteiger partial charge in [0.2, 0.25) is 12.2 Å². The molecule has 0 bridgehead atoms. The molecule has 1 unspecified atom stereocenters. The first kappa shape index (κ1) is 35.1. The quantitative estimate of drug-likeness (QED) is 0.209. The number of nitrogens with zero attached hydrogens (tertiary/aromatic N) is 2. The monoisotopic (exact) mass is 660 g/mol. The van der Waals surface area contributed by atoms with Gasteiger partial charge < -0.3 is 43.2 Å². The largest absolute Gasteiger partial charge is 0.501 e. The van der Waals surface area contributed by atoms with Crippen LogP contribution in [0.3, 0.4) is 0 Å². The molecule has 1 saturated heterocycles.